The molecular weight excluding hydrogens is 1140 g/mol. The second kappa shape index (κ2) is 57.7. The van der Waals surface area contributed by atoms with Gasteiger partial charge in [0.25, 0.3) is 0 Å². The maximum atomic E-state index is 13.0. The van der Waals surface area contributed by atoms with Crippen LogP contribution in [0.25, 0.3) is 0 Å². The highest BCUT2D eigenvalue weighted by molar-refractivity contribution is 7.47. The normalized spacial score (nSPS) is 14.8. The maximum Gasteiger partial charge on any atom is 0.472 e. The van der Waals surface area contributed by atoms with Gasteiger partial charge < -0.3 is 33.8 Å². The Labute approximate surface area is 522 Å². The first-order chi connectivity index (χ1) is 41.3. The van der Waals surface area contributed by atoms with E-state index in [1.54, 1.807) is 0 Å². The fourth-order valence-corrected chi connectivity index (χ4v) is 11.0. The van der Waals surface area contributed by atoms with E-state index >= 15 is 0 Å². The number of rotatable bonds is 63. The first-order valence-electron chi connectivity index (χ1n) is 34.2. The first kappa shape index (κ1) is 83.5. The fourth-order valence-electron chi connectivity index (χ4n) is 9.44. The predicted octanol–water partition coefficient (Wildman–Crippen LogP) is 18.2. The molecule has 19 heteroatoms. The van der Waals surface area contributed by atoms with Gasteiger partial charge in [-0.15, -0.1) is 0 Å². The molecule has 0 amide bonds. The van der Waals surface area contributed by atoms with E-state index in [1.165, 1.54) is 89.9 Å². The smallest absolute Gasteiger partial charge is 0.462 e. The van der Waals surface area contributed by atoms with Gasteiger partial charge in [0.15, 0.2) is 12.2 Å². The molecule has 0 radical (unpaired) electrons. The van der Waals surface area contributed by atoms with Crippen molar-refractivity contribution in [2.24, 2.45) is 17.8 Å². The van der Waals surface area contributed by atoms with Crippen LogP contribution in [0.15, 0.2) is 24.3 Å². The van der Waals surface area contributed by atoms with Crippen LogP contribution in [0.4, 0.5) is 0 Å². The molecule has 0 saturated carbocycles. The SMILES string of the molecule is CCCCCC/C=C\C=C/CCCCCCCC(=O)OC[C@H](COP(=O)(O)OC[C@@H](O)COP(=O)(O)OC[C@@H](COC(=O)CCCCCCCCC(C)CC)OC(=O)CCCCCCCCCCC(C)C)OC(=O)CCCCCCCCCC(C)C. The highest BCUT2D eigenvalue weighted by atomic mass is 31.2. The largest absolute Gasteiger partial charge is 0.472 e. The third-order valence-corrected chi connectivity index (χ3v) is 17.0. The Balaban J connectivity index is 5.27. The molecule has 0 aliphatic rings. The van der Waals surface area contributed by atoms with Crippen molar-refractivity contribution in [3.8, 4) is 0 Å². The van der Waals surface area contributed by atoms with Gasteiger partial charge in [0.05, 0.1) is 26.4 Å². The third-order valence-electron chi connectivity index (χ3n) is 15.1. The molecule has 17 nitrogen and oxygen atoms in total. The Kier molecular flexibility index (Phi) is 56.0. The van der Waals surface area contributed by atoms with E-state index in [-0.39, 0.29) is 25.7 Å². The van der Waals surface area contributed by atoms with Crippen LogP contribution in [-0.4, -0.2) is 96.7 Å². The Bertz CT molecular complexity index is 1790. The van der Waals surface area contributed by atoms with E-state index in [1.807, 2.05) is 0 Å². The minimum absolute atomic E-state index is 0.0959. The molecule has 0 heterocycles. The standard InChI is InChI=1S/C67H126O17P2/c1-8-10-11-12-13-14-15-16-17-18-19-20-26-34-41-48-64(69)77-54-62(84-67(72)51-44-37-28-23-25-32-39-46-59(5)6)56-81-85(73,74)79-52-61(68)53-80-86(75,76)82-57-63(55-78-65(70)49-42-35-30-29-33-40-47-60(7)9-2)83-66(71)50-43-36-27-22-21-24-31-38-45-58(3)4/h14-17,58-63,68H,8-13,18-57H2,1-7H3,(H,73,74)(H,75,76)/b15-14-,17-16-/t60?,61-,62-,63-/m1/s1. The van der Waals surface area contributed by atoms with E-state index in [0.717, 1.165) is 121 Å². The van der Waals surface area contributed by atoms with Crippen LogP contribution in [0, 0.1) is 17.8 Å². The molecule has 0 aromatic carbocycles. The van der Waals surface area contributed by atoms with Gasteiger partial charge >= 0.3 is 39.5 Å². The molecule has 0 aromatic rings. The van der Waals surface area contributed by atoms with Gasteiger partial charge in [-0.2, -0.15) is 0 Å². The van der Waals surface area contributed by atoms with Crippen LogP contribution in [0.1, 0.15) is 305 Å². The number of ether oxygens (including phenoxy) is 4. The third kappa shape index (κ3) is 59.2. The van der Waals surface area contributed by atoms with Crippen molar-refractivity contribution in [2.45, 2.75) is 324 Å². The molecule has 0 saturated heterocycles. The lowest BCUT2D eigenvalue weighted by Gasteiger charge is -2.21. The summed E-state index contributed by atoms with van der Waals surface area (Å²) in [5, 5.41) is 10.5. The van der Waals surface area contributed by atoms with Gasteiger partial charge in [-0.25, -0.2) is 9.13 Å². The number of phosphoric ester groups is 2. The summed E-state index contributed by atoms with van der Waals surface area (Å²) in [6.45, 7) is 11.6. The number of carbonyl (C=O) groups is 4. The predicted molar refractivity (Wildman–Crippen MR) is 344 cm³/mol. The Hall–Kier alpha value is -2.46. The van der Waals surface area contributed by atoms with Gasteiger partial charge in [0.1, 0.15) is 19.3 Å². The zero-order valence-electron chi connectivity index (χ0n) is 55.3. The summed E-state index contributed by atoms with van der Waals surface area (Å²) in [5.74, 6) is -0.0285. The van der Waals surface area contributed by atoms with E-state index in [0.29, 0.717) is 37.5 Å². The zero-order valence-corrected chi connectivity index (χ0v) is 57.0. The van der Waals surface area contributed by atoms with Crippen LogP contribution in [0.2, 0.25) is 0 Å². The zero-order chi connectivity index (χ0) is 63.8. The van der Waals surface area contributed by atoms with Crippen LogP contribution >= 0.6 is 15.6 Å². The van der Waals surface area contributed by atoms with E-state index in [4.69, 9.17) is 37.0 Å². The summed E-state index contributed by atoms with van der Waals surface area (Å²) in [4.78, 5) is 72.3. The molecular formula is C67H126O17P2. The molecule has 506 valence electrons. The molecule has 0 aromatic heterocycles. The number of hydrogen-bond donors (Lipinski definition) is 3. The lowest BCUT2D eigenvalue weighted by atomic mass is 10.00. The fraction of sp³-hybridized carbons (Fsp3) is 0.881. The van der Waals surface area contributed by atoms with Gasteiger partial charge in [-0.3, -0.25) is 37.3 Å². The molecule has 0 aliphatic heterocycles. The van der Waals surface area contributed by atoms with Crippen molar-refractivity contribution in [2.75, 3.05) is 39.6 Å². The maximum absolute atomic E-state index is 13.0. The van der Waals surface area contributed by atoms with Crippen molar-refractivity contribution >= 4 is 39.5 Å². The number of aliphatic hydroxyl groups is 1. The highest BCUT2D eigenvalue weighted by Gasteiger charge is 2.30. The summed E-state index contributed by atoms with van der Waals surface area (Å²) < 4.78 is 68.0. The highest BCUT2D eigenvalue weighted by Crippen LogP contribution is 2.45. The lowest BCUT2D eigenvalue weighted by molar-refractivity contribution is -0.161. The number of allylic oxidation sites excluding steroid dienone is 4. The van der Waals surface area contributed by atoms with Crippen LogP contribution in [0.3, 0.4) is 0 Å². The van der Waals surface area contributed by atoms with Gasteiger partial charge in [-0.05, 0) is 69.1 Å². The summed E-state index contributed by atoms with van der Waals surface area (Å²) in [6.07, 6.45) is 42.7. The molecule has 0 bridgehead atoms. The minimum atomic E-state index is -4.95. The second-order valence-electron chi connectivity index (χ2n) is 24.7. The molecule has 6 atom stereocenters. The van der Waals surface area contributed by atoms with E-state index < -0.39 is 97.5 Å². The molecule has 0 fully saturated rings. The first-order valence-corrected chi connectivity index (χ1v) is 37.2. The number of unbranched alkanes of at least 4 members (excludes halogenated alkanes) is 27. The topological polar surface area (TPSA) is 237 Å². The summed E-state index contributed by atoms with van der Waals surface area (Å²) in [6, 6.07) is 0. The van der Waals surface area contributed by atoms with E-state index in [2.05, 4.69) is 72.8 Å². The number of phosphoric acid groups is 2. The number of carbonyl (C=O) groups excluding carboxylic acids is 4. The molecule has 86 heavy (non-hydrogen) atoms. The molecule has 3 N–H and O–H groups in total. The Morgan fingerprint density at radius 3 is 1.03 bits per heavy atom. The molecule has 0 spiro atoms. The van der Waals surface area contributed by atoms with E-state index in [9.17, 15) is 43.2 Å². The van der Waals surface area contributed by atoms with Crippen LogP contribution < -0.4 is 0 Å². The van der Waals surface area contributed by atoms with Crippen molar-refractivity contribution in [1.29, 1.82) is 0 Å². The van der Waals surface area contributed by atoms with Crippen LogP contribution in [0.5, 0.6) is 0 Å². The van der Waals surface area contributed by atoms with Crippen molar-refractivity contribution < 1.29 is 80.2 Å². The monoisotopic (exact) mass is 1260 g/mol. The number of hydrogen-bond acceptors (Lipinski definition) is 15. The number of esters is 4. The average molecular weight is 1270 g/mol. The van der Waals surface area contributed by atoms with Crippen molar-refractivity contribution in [1.82, 2.24) is 0 Å². The summed E-state index contributed by atoms with van der Waals surface area (Å²) in [7, 11) is -9.91. The average Bonchev–Trinajstić information content (AvgIpc) is 3.65. The summed E-state index contributed by atoms with van der Waals surface area (Å²) >= 11 is 0. The van der Waals surface area contributed by atoms with Gasteiger partial charge in [0.2, 0.25) is 0 Å². The second-order valence-corrected chi connectivity index (χ2v) is 27.6. The Morgan fingerprint density at radius 2 is 0.686 bits per heavy atom. The molecule has 0 rings (SSSR count). The van der Waals surface area contributed by atoms with Crippen molar-refractivity contribution in [3.63, 3.8) is 0 Å². The van der Waals surface area contributed by atoms with Crippen LogP contribution in [-0.2, 0) is 65.4 Å². The Morgan fingerprint density at radius 1 is 0.384 bits per heavy atom. The molecule has 0 aliphatic carbocycles. The number of aliphatic hydroxyl groups excluding tert-OH is 1. The quantitative estimate of drug-likeness (QED) is 0.0169. The van der Waals surface area contributed by atoms with Gasteiger partial charge in [-0.1, -0.05) is 253 Å². The summed E-state index contributed by atoms with van der Waals surface area (Å²) in [5.41, 5.74) is 0. The van der Waals surface area contributed by atoms with Crippen molar-refractivity contribution in [3.05, 3.63) is 24.3 Å². The minimum Gasteiger partial charge on any atom is -0.462 e. The molecule has 3 unspecified atom stereocenters. The van der Waals surface area contributed by atoms with Gasteiger partial charge in [0, 0.05) is 25.7 Å². The lowest BCUT2D eigenvalue weighted by Crippen LogP contribution is -2.30.